The van der Waals surface area contributed by atoms with Crippen molar-refractivity contribution in [1.29, 1.82) is 0 Å². The predicted octanol–water partition coefficient (Wildman–Crippen LogP) is 2.70. The summed E-state index contributed by atoms with van der Waals surface area (Å²) in [4.78, 5) is 8.83. The summed E-state index contributed by atoms with van der Waals surface area (Å²) in [5.74, 6) is 0.690. The van der Waals surface area contributed by atoms with Crippen LogP contribution in [0, 0.1) is 0 Å². The molecule has 0 bridgehead atoms. The normalized spacial score (nSPS) is 10.9. The van der Waals surface area contributed by atoms with Crippen LogP contribution in [0.4, 0.5) is 5.82 Å². The summed E-state index contributed by atoms with van der Waals surface area (Å²) in [5, 5.41) is 1.10. The molecule has 0 spiro atoms. The maximum absolute atomic E-state index is 6.11. The van der Waals surface area contributed by atoms with Crippen molar-refractivity contribution in [1.82, 2.24) is 14.5 Å². The lowest BCUT2D eigenvalue weighted by molar-refractivity contribution is 0.771. The molecule has 0 atom stereocenters. The van der Waals surface area contributed by atoms with Crippen molar-refractivity contribution >= 4 is 16.7 Å². The Hall–Kier alpha value is -2.36. The van der Waals surface area contributed by atoms with Gasteiger partial charge in [-0.25, -0.2) is 4.98 Å². The van der Waals surface area contributed by atoms with Gasteiger partial charge in [0.2, 0.25) is 0 Å². The molecule has 0 saturated carbocycles. The Bertz CT molecular complexity index is 695. The molecule has 2 heterocycles. The van der Waals surface area contributed by atoms with E-state index in [2.05, 4.69) is 9.97 Å². The smallest absolute Gasteiger partial charge is 0.131 e. The van der Waals surface area contributed by atoms with E-state index in [9.17, 15) is 0 Å². The molecule has 2 N–H and O–H groups in total. The minimum atomic E-state index is 0.690. The van der Waals surface area contributed by atoms with E-state index in [1.807, 2.05) is 41.8 Å². The van der Waals surface area contributed by atoms with E-state index < -0.39 is 0 Å². The van der Waals surface area contributed by atoms with Crippen LogP contribution >= 0.6 is 0 Å². The van der Waals surface area contributed by atoms with E-state index in [-0.39, 0.29) is 0 Å². The van der Waals surface area contributed by atoms with E-state index in [1.54, 1.807) is 12.5 Å². The third-order valence-electron chi connectivity index (χ3n) is 3.11. The number of anilines is 1. The van der Waals surface area contributed by atoms with Crippen molar-refractivity contribution in [3.8, 4) is 11.3 Å². The fraction of sp³-hybridized carbons (Fsp3) is 0.143. The number of rotatable bonds is 2. The Morgan fingerprint density at radius 2 is 2.00 bits per heavy atom. The highest BCUT2D eigenvalue weighted by molar-refractivity contribution is 5.94. The molecule has 90 valence electrons. The molecule has 3 aromatic rings. The molecule has 18 heavy (non-hydrogen) atoms. The molecule has 3 rings (SSSR count). The first-order valence-electron chi connectivity index (χ1n) is 5.96. The summed E-state index contributed by atoms with van der Waals surface area (Å²) in [6, 6.07) is 10.0. The lowest BCUT2D eigenvalue weighted by atomic mass is 10.1. The predicted molar refractivity (Wildman–Crippen MR) is 73.1 cm³/mol. The van der Waals surface area contributed by atoms with Crippen LogP contribution in [0.15, 0.2) is 42.9 Å². The number of aromatic nitrogens is 3. The zero-order valence-corrected chi connectivity index (χ0v) is 10.2. The Kier molecular flexibility index (Phi) is 2.48. The lowest BCUT2D eigenvalue weighted by Gasteiger charge is -2.05. The van der Waals surface area contributed by atoms with Gasteiger partial charge in [-0.3, -0.25) is 4.98 Å². The molecule has 0 fully saturated rings. The van der Waals surface area contributed by atoms with E-state index in [1.165, 1.54) is 0 Å². The minimum absolute atomic E-state index is 0.690. The van der Waals surface area contributed by atoms with Crippen LogP contribution in [0.3, 0.4) is 0 Å². The van der Waals surface area contributed by atoms with E-state index in [0.717, 1.165) is 28.7 Å². The molecular formula is C14H14N4. The van der Waals surface area contributed by atoms with Crippen LogP contribution in [0.1, 0.15) is 6.92 Å². The number of nitrogen functional groups attached to an aromatic ring is 1. The molecular weight excluding hydrogens is 224 g/mol. The second-order valence-corrected chi connectivity index (χ2v) is 4.15. The van der Waals surface area contributed by atoms with Crippen LogP contribution < -0.4 is 5.73 Å². The first-order valence-corrected chi connectivity index (χ1v) is 5.96. The minimum Gasteiger partial charge on any atom is -0.383 e. The maximum Gasteiger partial charge on any atom is 0.131 e. The van der Waals surface area contributed by atoms with Gasteiger partial charge in [0.05, 0.1) is 11.8 Å². The summed E-state index contributed by atoms with van der Waals surface area (Å²) in [6.07, 6.45) is 3.56. The number of fused-ring (bicyclic) bond motifs is 1. The van der Waals surface area contributed by atoms with Crippen LogP contribution in [0.25, 0.3) is 22.2 Å². The number of benzene rings is 1. The topological polar surface area (TPSA) is 56.7 Å². The van der Waals surface area contributed by atoms with E-state index >= 15 is 0 Å². The van der Waals surface area contributed by atoms with Crippen LogP contribution in [-0.4, -0.2) is 14.5 Å². The molecule has 0 aliphatic heterocycles. The van der Waals surface area contributed by atoms with Gasteiger partial charge < -0.3 is 10.3 Å². The molecule has 0 aliphatic rings. The third-order valence-corrected chi connectivity index (χ3v) is 3.11. The molecule has 0 amide bonds. The number of para-hydroxylation sites is 1. The number of hydrogen-bond acceptors (Lipinski definition) is 3. The molecule has 4 nitrogen and oxygen atoms in total. The number of hydrogen-bond donors (Lipinski definition) is 1. The van der Waals surface area contributed by atoms with Crippen molar-refractivity contribution in [3.63, 3.8) is 0 Å². The van der Waals surface area contributed by atoms with Gasteiger partial charge in [-0.2, -0.15) is 0 Å². The highest BCUT2D eigenvalue weighted by atomic mass is 15.1. The number of nitrogens with two attached hydrogens (primary N) is 1. The SMILES string of the molecule is CCn1cnc(-c2cccc3cccnc23)c1N. The van der Waals surface area contributed by atoms with Crippen molar-refractivity contribution in [2.45, 2.75) is 13.5 Å². The highest BCUT2D eigenvalue weighted by Gasteiger charge is 2.12. The molecule has 0 unspecified atom stereocenters. The second kappa shape index (κ2) is 4.14. The highest BCUT2D eigenvalue weighted by Crippen LogP contribution is 2.29. The monoisotopic (exact) mass is 238 g/mol. The van der Waals surface area contributed by atoms with Crippen molar-refractivity contribution in [2.75, 3.05) is 5.73 Å². The summed E-state index contributed by atoms with van der Waals surface area (Å²) in [5.41, 5.74) is 8.84. The van der Waals surface area contributed by atoms with Gasteiger partial charge in [-0.15, -0.1) is 0 Å². The van der Waals surface area contributed by atoms with Crippen molar-refractivity contribution in [3.05, 3.63) is 42.9 Å². The fourth-order valence-corrected chi connectivity index (χ4v) is 2.15. The molecule has 0 aliphatic carbocycles. The lowest BCUT2D eigenvalue weighted by Crippen LogP contribution is -1.99. The average molecular weight is 238 g/mol. The van der Waals surface area contributed by atoms with Crippen LogP contribution in [0.2, 0.25) is 0 Å². The summed E-state index contributed by atoms with van der Waals surface area (Å²) in [7, 11) is 0. The molecule has 2 aromatic heterocycles. The second-order valence-electron chi connectivity index (χ2n) is 4.15. The standard InChI is InChI=1S/C14H14N4/c1-2-18-9-17-13(14(18)15)11-7-3-5-10-6-4-8-16-12(10)11/h3-9H,2,15H2,1H3. The van der Waals surface area contributed by atoms with Gasteiger partial charge in [0.1, 0.15) is 11.5 Å². The van der Waals surface area contributed by atoms with Crippen LogP contribution in [0.5, 0.6) is 0 Å². The molecule has 0 radical (unpaired) electrons. The first kappa shape index (κ1) is 10.8. The van der Waals surface area contributed by atoms with E-state index in [0.29, 0.717) is 5.82 Å². The van der Waals surface area contributed by atoms with Crippen molar-refractivity contribution in [2.24, 2.45) is 0 Å². The Morgan fingerprint density at radius 3 is 2.78 bits per heavy atom. The number of pyridine rings is 1. The van der Waals surface area contributed by atoms with Crippen molar-refractivity contribution < 1.29 is 0 Å². The average Bonchev–Trinajstić information content (AvgIpc) is 2.79. The fourth-order valence-electron chi connectivity index (χ4n) is 2.15. The van der Waals surface area contributed by atoms with Gasteiger partial charge in [-0.1, -0.05) is 24.3 Å². The zero-order valence-electron chi connectivity index (χ0n) is 10.2. The molecule has 1 aromatic carbocycles. The summed E-state index contributed by atoms with van der Waals surface area (Å²) < 4.78 is 1.93. The van der Waals surface area contributed by atoms with Gasteiger partial charge in [0.25, 0.3) is 0 Å². The summed E-state index contributed by atoms with van der Waals surface area (Å²) >= 11 is 0. The number of aryl methyl sites for hydroxylation is 1. The van der Waals surface area contributed by atoms with Gasteiger partial charge in [0, 0.05) is 23.7 Å². The quantitative estimate of drug-likeness (QED) is 0.746. The number of imidazole rings is 1. The third kappa shape index (κ3) is 1.54. The molecule has 0 saturated heterocycles. The first-order chi connectivity index (χ1) is 8.81. The largest absolute Gasteiger partial charge is 0.383 e. The summed E-state index contributed by atoms with van der Waals surface area (Å²) in [6.45, 7) is 2.86. The van der Waals surface area contributed by atoms with Gasteiger partial charge >= 0.3 is 0 Å². The maximum atomic E-state index is 6.11. The van der Waals surface area contributed by atoms with Gasteiger partial charge in [0.15, 0.2) is 0 Å². The van der Waals surface area contributed by atoms with E-state index in [4.69, 9.17) is 5.73 Å². The molecule has 4 heteroatoms. The van der Waals surface area contributed by atoms with Gasteiger partial charge in [-0.05, 0) is 13.0 Å². The Labute approximate surface area is 105 Å². The van der Waals surface area contributed by atoms with Crippen LogP contribution in [-0.2, 0) is 6.54 Å². The zero-order chi connectivity index (χ0) is 12.5. The Morgan fingerprint density at radius 1 is 1.17 bits per heavy atom. The Balaban J connectivity index is 2.28. The number of nitrogens with zero attached hydrogens (tertiary/aromatic N) is 3.